The van der Waals surface area contributed by atoms with E-state index >= 15 is 0 Å². The lowest BCUT2D eigenvalue weighted by atomic mass is 10.2. The molecule has 0 spiro atoms. The van der Waals surface area contributed by atoms with Gasteiger partial charge < -0.3 is 0 Å². The number of carbonyl (C=O) groups is 1. The molecule has 0 saturated heterocycles. The summed E-state index contributed by atoms with van der Waals surface area (Å²) in [6.07, 6.45) is 5.16. The van der Waals surface area contributed by atoms with Gasteiger partial charge in [0, 0.05) is 25.4 Å². The SMILES string of the molecule is CCCC(=O)CN(C)Cc1ccncc1. The van der Waals surface area contributed by atoms with Crippen molar-refractivity contribution < 1.29 is 4.79 Å². The van der Waals surface area contributed by atoms with E-state index in [2.05, 4.69) is 4.98 Å². The van der Waals surface area contributed by atoms with Crippen LogP contribution in [0.3, 0.4) is 0 Å². The molecule has 0 aliphatic rings. The van der Waals surface area contributed by atoms with Crippen molar-refractivity contribution in [2.45, 2.75) is 26.3 Å². The third kappa shape index (κ3) is 4.70. The summed E-state index contributed by atoms with van der Waals surface area (Å²) in [5.74, 6) is 0.314. The minimum Gasteiger partial charge on any atom is -0.298 e. The van der Waals surface area contributed by atoms with Crippen molar-refractivity contribution in [2.75, 3.05) is 13.6 Å². The summed E-state index contributed by atoms with van der Waals surface area (Å²) in [6.45, 7) is 3.37. The van der Waals surface area contributed by atoms with E-state index in [0.717, 1.165) is 13.0 Å². The van der Waals surface area contributed by atoms with Gasteiger partial charge in [0.1, 0.15) is 5.78 Å². The molecule has 0 N–H and O–H groups in total. The number of rotatable bonds is 6. The minimum atomic E-state index is 0.314. The first-order chi connectivity index (χ1) is 7.22. The molecule has 3 heteroatoms. The molecule has 0 atom stereocenters. The lowest BCUT2D eigenvalue weighted by Gasteiger charge is -2.15. The van der Waals surface area contributed by atoms with Crippen LogP contribution >= 0.6 is 0 Å². The molecule has 0 saturated carbocycles. The smallest absolute Gasteiger partial charge is 0.146 e. The fourth-order valence-corrected chi connectivity index (χ4v) is 1.51. The van der Waals surface area contributed by atoms with Crippen LogP contribution in [0.4, 0.5) is 0 Å². The van der Waals surface area contributed by atoms with Gasteiger partial charge >= 0.3 is 0 Å². The number of carbonyl (C=O) groups excluding carboxylic acids is 1. The molecule has 1 aromatic rings. The van der Waals surface area contributed by atoms with Gasteiger partial charge in [-0.3, -0.25) is 14.7 Å². The van der Waals surface area contributed by atoms with Gasteiger partial charge in [0.2, 0.25) is 0 Å². The molecule has 0 aromatic carbocycles. The lowest BCUT2D eigenvalue weighted by molar-refractivity contribution is -0.120. The molecule has 0 amide bonds. The highest BCUT2D eigenvalue weighted by Gasteiger charge is 2.05. The maximum absolute atomic E-state index is 11.4. The van der Waals surface area contributed by atoms with Crippen LogP contribution in [-0.4, -0.2) is 29.3 Å². The van der Waals surface area contributed by atoms with Gasteiger partial charge in [-0.05, 0) is 31.2 Å². The van der Waals surface area contributed by atoms with Gasteiger partial charge in [0.05, 0.1) is 6.54 Å². The molecule has 0 aliphatic carbocycles. The summed E-state index contributed by atoms with van der Waals surface area (Å²) in [4.78, 5) is 17.4. The molecule has 15 heavy (non-hydrogen) atoms. The quantitative estimate of drug-likeness (QED) is 0.712. The fourth-order valence-electron chi connectivity index (χ4n) is 1.51. The second-order valence-electron chi connectivity index (χ2n) is 3.82. The van der Waals surface area contributed by atoms with Crippen LogP contribution in [0, 0.1) is 0 Å². The summed E-state index contributed by atoms with van der Waals surface area (Å²) < 4.78 is 0. The Morgan fingerprint density at radius 2 is 2.07 bits per heavy atom. The lowest BCUT2D eigenvalue weighted by Crippen LogP contribution is -2.25. The molecule has 1 aromatic heterocycles. The number of hydrogen-bond acceptors (Lipinski definition) is 3. The Balaban J connectivity index is 2.36. The molecule has 3 nitrogen and oxygen atoms in total. The number of aromatic nitrogens is 1. The Hall–Kier alpha value is -1.22. The molecular formula is C12H18N2O. The molecule has 1 heterocycles. The Morgan fingerprint density at radius 3 is 2.67 bits per heavy atom. The van der Waals surface area contributed by atoms with Crippen LogP contribution in [0.15, 0.2) is 24.5 Å². The predicted octanol–water partition coefficient (Wildman–Crippen LogP) is 1.88. The zero-order valence-corrected chi connectivity index (χ0v) is 9.44. The van der Waals surface area contributed by atoms with Crippen molar-refractivity contribution in [1.29, 1.82) is 0 Å². The first-order valence-electron chi connectivity index (χ1n) is 5.31. The average molecular weight is 206 g/mol. The van der Waals surface area contributed by atoms with Gasteiger partial charge in [0.15, 0.2) is 0 Å². The van der Waals surface area contributed by atoms with Gasteiger partial charge in [-0.1, -0.05) is 6.92 Å². The highest BCUT2D eigenvalue weighted by atomic mass is 16.1. The van der Waals surface area contributed by atoms with Crippen LogP contribution in [0.5, 0.6) is 0 Å². The first kappa shape index (κ1) is 11.9. The van der Waals surface area contributed by atoms with Gasteiger partial charge in [-0.25, -0.2) is 0 Å². The van der Waals surface area contributed by atoms with Gasteiger partial charge in [-0.15, -0.1) is 0 Å². The van der Waals surface area contributed by atoms with Crippen molar-refractivity contribution in [2.24, 2.45) is 0 Å². The maximum atomic E-state index is 11.4. The number of pyridine rings is 1. The largest absolute Gasteiger partial charge is 0.298 e. The van der Waals surface area contributed by atoms with E-state index in [1.807, 2.05) is 31.0 Å². The van der Waals surface area contributed by atoms with Crippen LogP contribution in [0.1, 0.15) is 25.3 Å². The van der Waals surface area contributed by atoms with Crippen LogP contribution in [0.2, 0.25) is 0 Å². The van der Waals surface area contributed by atoms with Crippen molar-refractivity contribution in [3.05, 3.63) is 30.1 Å². The number of nitrogens with zero attached hydrogens (tertiary/aromatic N) is 2. The summed E-state index contributed by atoms with van der Waals surface area (Å²) >= 11 is 0. The molecule has 0 fully saturated rings. The second kappa shape index (κ2) is 6.30. The zero-order chi connectivity index (χ0) is 11.1. The van der Waals surface area contributed by atoms with Crippen molar-refractivity contribution in [3.8, 4) is 0 Å². The average Bonchev–Trinajstić information content (AvgIpc) is 2.19. The van der Waals surface area contributed by atoms with E-state index in [-0.39, 0.29) is 0 Å². The number of Topliss-reactive ketones (excluding diaryl/α,β-unsaturated/α-hetero) is 1. The number of hydrogen-bond donors (Lipinski definition) is 0. The standard InChI is InChI=1S/C12H18N2O/c1-3-4-12(15)10-14(2)9-11-5-7-13-8-6-11/h5-8H,3-4,9-10H2,1-2H3. The summed E-state index contributed by atoms with van der Waals surface area (Å²) in [6, 6.07) is 3.95. The topological polar surface area (TPSA) is 33.2 Å². The monoisotopic (exact) mass is 206 g/mol. The summed E-state index contributed by atoms with van der Waals surface area (Å²) in [5, 5.41) is 0. The highest BCUT2D eigenvalue weighted by Crippen LogP contribution is 2.01. The highest BCUT2D eigenvalue weighted by molar-refractivity contribution is 5.80. The van der Waals surface area contributed by atoms with E-state index in [1.54, 1.807) is 12.4 Å². The minimum absolute atomic E-state index is 0.314. The Morgan fingerprint density at radius 1 is 1.40 bits per heavy atom. The number of ketones is 1. The second-order valence-corrected chi connectivity index (χ2v) is 3.82. The number of likely N-dealkylation sites (N-methyl/N-ethyl adjacent to an activating group) is 1. The van der Waals surface area contributed by atoms with E-state index in [9.17, 15) is 4.79 Å². The molecule has 0 bridgehead atoms. The fraction of sp³-hybridized carbons (Fsp3) is 0.500. The zero-order valence-electron chi connectivity index (χ0n) is 9.44. The van der Waals surface area contributed by atoms with Crippen LogP contribution in [-0.2, 0) is 11.3 Å². The van der Waals surface area contributed by atoms with Gasteiger partial charge in [-0.2, -0.15) is 0 Å². The van der Waals surface area contributed by atoms with E-state index in [0.29, 0.717) is 18.7 Å². The van der Waals surface area contributed by atoms with Crippen molar-refractivity contribution in [3.63, 3.8) is 0 Å². The molecule has 0 unspecified atom stereocenters. The Labute approximate surface area is 91.1 Å². The van der Waals surface area contributed by atoms with Crippen molar-refractivity contribution >= 4 is 5.78 Å². The normalized spacial score (nSPS) is 10.6. The summed E-state index contributed by atoms with van der Waals surface area (Å²) in [5.41, 5.74) is 1.19. The molecule has 0 radical (unpaired) electrons. The molecule has 1 rings (SSSR count). The third-order valence-corrected chi connectivity index (χ3v) is 2.18. The van der Waals surface area contributed by atoms with Crippen LogP contribution < -0.4 is 0 Å². The Bertz CT molecular complexity index is 298. The van der Waals surface area contributed by atoms with E-state index in [1.165, 1.54) is 5.56 Å². The van der Waals surface area contributed by atoms with Crippen LogP contribution in [0.25, 0.3) is 0 Å². The van der Waals surface area contributed by atoms with Crippen molar-refractivity contribution in [1.82, 2.24) is 9.88 Å². The Kier molecular flexibility index (Phi) is 4.98. The first-order valence-corrected chi connectivity index (χ1v) is 5.31. The maximum Gasteiger partial charge on any atom is 0.146 e. The van der Waals surface area contributed by atoms with E-state index < -0.39 is 0 Å². The molecule has 82 valence electrons. The molecule has 0 aliphatic heterocycles. The van der Waals surface area contributed by atoms with E-state index in [4.69, 9.17) is 0 Å². The van der Waals surface area contributed by atoms with Gasteiger partial charge in [0.25, 0.3) is 0 Å². The summed E-state index contributed by atoms with van der Waals surface area (Å²) in [7, 11) is 1.97. The predicted molar refractivity (Wildman–Crippen MR) is 60.5 cm³/mol. The third-order valence-electron chi connectivity index (χ3n) is 2.18. The molecular weight excluding hydrogens is 188 g/mol.